The van der Waals surface area contributed by atoms with Gasteiger partial charge in [-0.15, -0.1) is 0 Å². The van der Waals surface area contributed by atoms with Crippen LogP contribution in [0.15, 0.2) is 47.1 Å². The van der Waals surface area contributed by atoms with Gasteiger partial charge in [0.2, 0.25) is 5.91 Å². The van der Waals surface area contributed by atoms with Crippen molar-refractivity contribution in [3.63, 3.8) is 0 Å². The lowest BCUT2D eigenvalue weighted by atomic mass is 10.0. The largest absolute Gasteiger partial charge is 0.459 e. The van der Waals surface area contributed by atoms with Gasteiger partial charge in [0.25, 0.3) is 11.8 Å². The fourth-order valence-electron chi connectivity index (χ4n) is 2.38. The van der Waals surface area contributed by atoms with E-state index in [0.29, 0.717) is 11.4 Å². The van der Waals surface area contributed by atoms with Gasteiger partial charge in [-0.1, -0.05) is 13.8 Å². The molecule has 0 fully saturated rings. The molecule has 1 atom stereocenters. The summed E-state index contributed by atoms with van der Waals surface area (Å²) in [5, 5.41) is 7.73. The minimum Gasteiger partial charge on any atom is -0.459 e. The van der Waals surface area contributed by atoms with Crippen molar-refractivity contribution in [2.45, 2.75) is 26.8 Å². The molecule has 3 amide bonds. The molecule has 0 saturated heterocycles. The summed E-state index contributed by atoms with van der Waals surface area (Å²) in [6, 6.07) is 8.56. The molecule has 3 N–H and O–H groups in total. The van der Waals surface area contributed by atoms with E-state index in [-0.39, 0.29) is 17.6 Å². The molecular formula is C20H23N3O6. The van der Waals surface area contributed by atoms with Gasteiger partial charge in [-0.2, -0.15) is 0 Å². The topological polar surface area (TPSA) is 127 Å². The molecule has 0 radical (unpaired) electrons. The maximum atomic E-state index is 12.3. The highest BCUT2D eigenvalue weighted by molar-refractivity contribution is 5.96. The van der Waals surface area contributed by atoms with E-state index >= 15 is 0 Å². The molecule has 29 heavy (non-hydrogen) atoms. The Balaban J connectivity index is 1.86. The zero-order valence-electron chi connectivity index (χ0n) is 16.4. The van der Waals surface area contributed by atoms with Crippen LogP contribution in [0.3, 0.4) is 0 Å². The number of nitrogens with one attached hydrogen (secondary N) is 3. The third-order valence-electron chi connectivity index (χ3n) is 3.79. The van der Waals surface area contributed by atoms with Crippen LogP contribution in [0.5, 0.6) is 0 Å². The van der Waals surface area contributed by atoms with Crippen LogP contribution >= 0.6 is 0 Å². The van der Waals surface area contributed by atoms with Crippen LogP contribution in [0.25, 0.3) is 0 Å². The lowest BCUT2D eigenvalue weighted by Gasteiger charge is -2.20. The Hall–Kier alpha value is -3.62. The second kappa shape index (κ2) is 10.1. The lowest BCUT2D eigenvalue weighted by Crippen LogP contribution is -2.45. The molecule has 1 aromatic heterocycles. The van der Waals surface area contributed by atoms with Crippen molar-refractivity contribution in [1.29, 1.82) is 0 Å². The molecule has 0 aliphatic heterocycles. The average Bonchev–Trinajstić information content (AvgIpc) is 3.20. The number of furan rings is 1. The zero-order chi connectivity index (χ0) is 21.4. The Labute approximate surface area is 167 Å². The Morgan fingerprint density at radius 2 is 1.62 bits per heavy atom. The smallest absolute Gasteiger partial charge is 0.329 e. The van der Waals surface area contributed by atoms with Gasteiger partial charge in [0, 0.05) is 18.3 Å². The van der Waals surface area contributed by atoms with Gasteiger partial charge >= 0.3 is 5.97 Å². The van der Waals surface area contributed by atoms with E-state index in [0.717, 1.165) is 0 Å². The molecule has 154 valence electrons. The van der Waals surface area contributed by atoms with Crippen LogP contribution in [0, 0.1) is 5.92 Å². The van der Waals surface area contributed by atoms with E-state index in [4.69, 9.17) is 9.15 Å². The van der Waals surface area contributed by atoms with Crippen LogP contribution in [0.2, 0.25) is 0 Å². The summed E-state index contributed by atoms with van der Waals surface area (Å²) in [5.41, 5.74) is 1.07. The van der Waals surface area contributed by atoms with E-state index in [2.05, 4.69) is 16.0 Å². The van der Waals surface area contributed by atoms with Crippen molar-refractivity contribution in [3.8, 4) is 0 Å². The molecule has 2 aromatic rings. The maximum absolute atomic E-state index is 12.3. The predicted molar refractivity (Wildman–Crippen MR) is 105 cm³/mol. The molecule has 0 aliphatic rings. The van der Waals surface area contributed by atoms with Gasteiger partial charge in [0.05, 0.1) is 6.26 Å². The van der Waals surface area contributed by atoms with Gasteiger partial charge in [-0.25, -0.2) is 4.79 Å². The first-order valence-corrected chi connectivity index (χ1v) is 8.94. The van der Waals surface area contributed by atoms with Crippen LogP contribution in [-0.4, -0.2) is 36.3 Å². The number of anilines is 2. The minimum atomic E-state index is -0.933. The van der Waals surface area contributed by atoms with E-state index < -0.39 is 30.4 Å². The van der Waals surface area contributed by atoms with Gasteiger partial charge in [0.15, 0.2) is 12.4 Å². The molecule has 9 heteroatoms. The SMILES string of the molecule is CC(=O)Nc1ccc(NC(=O)COC(=O)[C@@H](NC(=O)c2ccco2)C(C)C)cc1. The second-order valence-electron chi connectivity index (χ2n) is 6.59. The molecule has 0 unspecified atom stereocenters. The van der Waals surface area contributed by atoms with Gasteiger partial charge < -0.3 is 25.1 Å². The maximum Gasteiger partial charge on any atom is 0.329 e. The van der Waals surface area contributed by atoms with Crippen molar-refractivity contribution in [2.75, 3.05) is 17.2 Å². The van der Waals surface area contributed by atoms with Crippen LogP contribution in [-0.2, 0) is 19.1 Å². The predicted octanol–water partition coefficient (Wildman–Crippen LogP) is 2.17. The highest BCUT2D eigenvalue weighted by Gasteiger charge is 2.27. The number of benzene rings is 1. The summed E-state index contributed by atoms with van der Waals surface area (Å²) >= 11 is 0. The molecule has 0 spiro atoms. The van der Waals surface area contributed by atoms with Crippen molar-refractivity contribution in [1.82, 2.24) is 5.32 Å². The lowest BCUT2D eigenvalue weighted by molar-refractivity contribution is -0.150. The Bertz CT molecular complexity index is 859. The molecule has 1 heterocycles. The first-order valence-electron chi connectivity index (χ1n) is 8.94. The number of rotatable bonds is 8. The van der Waals surface area contributed by atoms with E-state index in [9.17, 15) is 19.2 Å². The number of hydrogen-bond acceptors (Lipinski definition) is 6. The standard InChI is InChI=1S/C20H23N3O6/c1-12(2)18(23-19(26)16-5-4-10-28-16)20(27)29-11-17(25)22-15-8-6-14(7-9-15)21-13(3)24/h4-10,12,18H,11H2,1-3H3,(H,21,24)(H,22,25)(H,23,26)/t18-/m0/s1. The molecular weight excluding hydrogens is 378 g/mol. The third kappa shape index (κ3) is 6.80. The number of esters is 1. The van der Waals surface area contributed by atoms with Gasteiger partial charge in [-0.3, -0.25) is 14.4 Å². The average molecular weight is 401 g/mol. The number of amides is 3. The normalized spacial score (nSPS) is 11.4. The van der Waals surface area contributed by atoms with Gasteiger partial charge in [-0.05, 0) is 42.3 Å². The van der Waals surface area contributed by atoms with Crippen LogP contribution in [0.1, 0.15) is 31.3 Å². The molecule has 0 aliphatic carbocycles. The third-order valence-corrected chi connectivity index (χ3v) is 3.79. The summed E-state index contributed by atoms with van der Waals surface area (Å²) < 4.78 is 10.0. The monoisotopic (exact) mass is 401 g/mol. The number of carbonyl (C=O) groups excluding carboxylic acids is 4. The number of hydrogen-bond donors (Lipinski definition) is 3. The first-order chi connectivity index (χ1) is 13.8. The van der Waals surface area contributed by atoms with Gasteiger partial charge in [0.1, 0.15) is 6.04 Å². The zero-order valence-corrected chi connectivity index (χ0v) is 16.4. The number of carbonyl (C=O) groups is 4. The fourth-order valence-corrected chi connectivity index (χ4v) is 2.38. The molecule has 0 bridgehead atoms. The molecule has 0 saturated carbocycles. The quantitative estimate of drug-likeness (QED) is 0.582. The summed E-state index contributed by atoms with van der Waals surface area (Å²) in [6.07, 6.45) is 1.35. The van der Waals surface area contributed by atoms with Crippen LogP contribution in [0.4, 0.5) is 11.4 Å². The number of ether oxygens (including phenoxy) is 1. The summed E-state index contributed by atoms with van der Waals surface area (Å²) in [4.78, 5) is 47.4. The summed E-state index contributed by atoms with van der Waals surface area (Å²) in [5.74, 6) is -2.20. The Morgan fingerprint density at radius 3 is 2.14 bits per heavy atom. The fraction of sp³-hybridized carbons (Fsp3) is 0.300. The summed E-state index contributed by atoms with van der Waals surface area (Å²) in [6.45, 7) is 4.37. The molecule has 1 aromatic carbocycles. The first kappa shape index (κ1) is 21.7. The minimum absolute atomic E-state index is 0.0731. The Kier molecular flexibility index (Phi) is 7.53. The highest BCUT2D eigenvalue weighted by atomic mass is 16.5. The Morgan fingerprint density at radius 1 is 1.00 bits per heavy atom. The van der Waals surface area contributed by atoms with E-state index in [1.54, 1.807) is 44.2 Å². The molecule has 9 nitrogen and oxygen atoms in total. The summed E-state index contributed by atoms with van der Waals surface area (Å²) in [7, 11) is 0. The van der Waals surface area contributed by atoms with Crippen molar-refractivity contribution in [2.24, 2.45) is 5.92 Å². The second-order valence-corrected chi connectivity index (χ2v) is 6.59. The van der Waals surface area contributed by atoms with Crippen molar-refractivity contribution >= 4 is 35.1 Å². The highest BCUT2D eigenvalue weighted by Crippen LogP contribution is 2.13. The van der Waals surface area contributed by atoms with Crippen molar-refractivity contribution < 1.29 is 28.3 Å². The van der Waals surface area contributed by atoms with Crippen LogP contribution < -0.4 is 16.0 Å². The van der Waals surface area contributed by atoms with E-state index in [1.165, 1.54) is 19.3 Å². The van der Waals surface area contributed by atoms with E-state index in [1.807, 2.05) is 0 Å². The van der Waals surface area contributed by atoms with Crippen molar-refractivity contribution in [3.05, 3.63) is 48.4 Å². The molecule has 2 rings (SSSR count).